The first kappa shape index (κ1) is 18.8. The van der Waals surface area contributed by atoms with Crippen LogP contribution in [0, 0.1) is 0 Å². The molecular weight excluding hydrogens is 360 g/mol. The summed E-state index contributed by atoms with van der Waals surface area (Å²) in [6.07, 6.45) is 0.812. The van der Waals surface area contributed by atoms with E-state index in [0.29, 0.717) is 16.4 Å². The predicted octanol–water partition coefficient (Wildman–Crippen LogP) is 4.75. The number of carbonyl (C=O) groups is 2. The van der Waals surface area contributed by atoms with Crippen molar-refractivity contribution in [3.8, 4) is 0 Å². The van der Waals surface area contributed by atoms with Crippen molar-refractivity contribution in [2.24, 2.45) is 0 Å². The Balaban J connectivity index is 1.77. The molecule has 27 heavy (non-hydrogen) atoms. The van der Waals surface area contributed by atoms with E-state index in [0.717, 1.165) is 17.7 Å². The number of hydrogen-bond acceptors (Lipinski definition) is 5. The molecule has 0 aliphatic carbocycles. The Morgan fingerprint density at radius 1 is 1.07 bits per heavy atom. The van der Waals surface area contributed by atoms with E-state index in [-0.39, 0.29) is 12.5 Å². The van der Waals surface area contributed by atoms with Gasteiger partial charge in [-0.3, -0.25) is 9.69 Å². The smallest absolute Gasteiger partial charge is 0.338 e. The van der Waals surface area contributed by atoms with Gasteiger partial charge in [-0.05, 0) is 30.2 Å². The molecule has 3 rings (SSSR count). The Morgan fingerprint density at radius 3 is 2.48 bits per heavy atom. The topological polar surface area (TPSA) is 59.5 Å². The molecule has 0 N–H and O–H groups in total. The molecule has 6 heteroatoms. The predicted molar refractivity (Wildman–Crippen MR) is 106 cm³/mol. The molecule has 0 spiro atoms. The first-order valence-corrected chi connectivity index (χ1v) is 9.53. The maximum absolute atomic E-state index is 12.3. The summed E-state index contributed by atoms with van der Waals surface area (Å²) in [5.41, 5.74) is 3.00. The molecule has 0 bridgehead atoms. The molecule has 0 aliphatic heterocycles. The molecule has 0 fully saturated rings. The molecule has 0 aliphatic rings. The molecule has 1 aromatic heterocycles. The molecular formula is C21H20N2O3S. The van der Waals surface area contributed by atoms with Crippen molar-refractivity contribution >= 4 is 34.0 Å². The second-order valence-corrected chi connectivity index (χ2v) is 6.74. The second kappa shape index (κ2) is 8.60. The number of ether oxygens (including phenoxy) is 1. The van der Waals surface area contributed by atoms with E-state index in [9.17, 15) is 9.59 Å². The van der Waals surface area contributed by atoms with Crippen LogP contribution in [-0.4, -0.2) is 16.9 Å². The lowest BCUT2D eigenvalue weighted by Crippen LogP contribution is -2.23. The Morgan fingerprint density at radius 2 is 1.78 bits per heavy atom. The molecule has 0 saturated heterocycles. The van der Waals surface area contributed by atoms with Crippen LogP contribution in [0.4, 0.5) is 10.8 Å². The van der Waals surface area contributed by atoms with Gasteiger partial charge in [0.25, 0.3) is 0 Å². The van der Waals surface area contributed by atoms with Gasteiger partial charge in [-0.15, -0.1) is 11.3 Å². The lowest BCUT2D eigenvalue weighted by Gasteiger charge is -2.20. The maximum Gasteiger partial charge on any atom is 0.338 e. The third-order valence-electron chi connectivity index (χ3n) is 4.02. The van der Waals surface area contributed by atoms with E-state index in [1.54, 1.807) is 34.5 Å². The Bertz CT molecular complexity index is 937. The molecule has 1 heterocycles. The van der Waals surface area contributed by atoms with Crippen LogP contribution >= 0.6 is 11.3 Å². The van der Waals surface area contributed by atoms with E-state index >= 15 is 0 Å². The Hall–Kier alpha value is -2.99. The summed E-state index contributed by atoms with van der Waals surface area (Å²) >= 11 is 1.35. The van der Waals surface area contributed by atoms with Gasteiger partial charge in [0.15, 0.2) is 5.13 Å². The van der Waals surface area contributed by atoms with Gasteiger partial charge in [0.05, 0.1) is 16.9 Å². The minimum absolute atomic E-state index is 0.0609. The number of nitrogens with zero attached hydrogens (tertiary/aromatic N) is 2. The molecule has 0 unspecified atom stereocenters. The molecule has 0 atom stereocenters. The van der Waals surface area contributed by atoms with E-state index in [4.69, 9.17) is 4.74 Å². The number of para-hydroxylation sites is 1. The number of hydrogen-bond donors (Lipinski definition) is 0. The fourth-order valence-corrected chi connectivity index (χ4v) is 3.56. The van der Waals surface area contributed by atoms with Gasteiger partial charge in [0.2, 0.25) is 5.91 Å². The molecule has 3 aromatic rings. The standard InChI is InChI=1S/C21H20N2O3S/c1-3-16-9-7-8-12-19(16)23(15(2)24)21-22-18(14-27-21)13-26-20(25)17-10-5-4-6-11-17/h4-12,14H,3,13H2,1-2H3. The SMILES string of the molecule is CCc1ccccc1N(C(C)=O)c1nc(COC(=O)c2ccccc2)cs1. The van der Waals surface area contributed by atoms with Crippen LogP contribution in [0.3, 0.4) is 0 Å². The van der Waals surface area contributed by atoms with Gasteiger partial charge in [0, 0.05) is 12.3 Å². The first-order valence-electron chi connectivity index (χ1n) is 8.65. The average molecular weight is 380 g/mol. The van der Waals surface area contributed by atoms with E-state index in [1.165, 1.54) is 18.3 Å². The van der Waals surface area contributed by atoms with Gasteiger partial charge in [0.1, 0.15) is 6.61 Å². The molecule has 2 aromatic carbocycles. The van der Waals surface area contributed by atoms with Crippen LogP contribution < -0.4 is 4.90 Å². The number of amides is 1. The van der Waals surface area contributed by atoms with Crippen LogP contribution in [0.25, 0.3) is 0 Å². The van der Waals surface area contributed by atoms with Crippen LogP contribution in [0.5, 0.6) is 0 Å². The minimum atomic E-state index is -0.398. The average Bonchev–Trinajstić information content (AvgIpc) is 3.15. The molecule has 0 saturated carbocycles. The number of aromatic nitrogens is 1. The first-order chi connectivity index (χ1) is 13.1. The highest BCUT2D eigenvalue weighted by molar-refractivity contribution is 7.14. The Kier molecular flexibility index (Phi) is 5.98. The maximum atomic E-state index is 12.3. The number of esters is 1. The van der Waals surface area contributed by atoms with Gasteiger partial charge < -0.3 is 4.74 Å². The zero-order chi connectivity index (χ0) is 19.2. The molecule has 5 nitrogen and oxygen atoms in total. The van der Waals surface area contributed by atoms with Crippen molar-refractivity contribution in [1.29, 1.82) is 0 Å². The number of thiazole rings is 1. The van der Waals surface area contributed by atoms with E-state index in [2.05, 4.69) is 4.98 Å². The normalized spacial score (nSPS) is 10.4. The van der Waals surface area contributed by atoms with Crippen molar-refractivity contribution in [3.63, 3.8) is 0 Å². The van der Waals surface area contributed by atoms with Crippen molar-refractivity contribution < 1.29 is 14.3 Å². The van der Waals surface area contributed by atoms with Crippen LogP contribution in [0.15, 0.2) is 60.0 Å². The Labute approximate surface area is 162 Å². The lowest BCUT2D eigenvalue weighted by molar-refractivity contribution is -0.115. The van der Waals surface area contributed by atoms with Gasteiger partial charge in [-0.2, -0.15) is 0 Å². The van der Waals surface area contributed by atoms with Gasteiger partial charge in [-0.25, -0.2) is 9.78 Å². The number of carbonyl (C=O) groups excluding carboxylic acids is 2. The summed E-state index contributed by atoms with van der Waals surface area (Å²) in [7, 11) is 0. The van der Waals surface area contributed by atoms with E-state index < -0.39 is 5.97 Å². The van der Waals surface area contributed by atoms with E-state index in [1.807, 2.05) is 37.3 Å². The number of benzene rings is 2. The highest BCUT2D eigenvalue weighted by Crippen LogP contribution is 2.31. The number of anilines is 2. The summed E-state index contributed by atoms with van der Waals surface area (Å²) in [5.74, 6) is -0.511. The zero-order valence-electron chi connectivity index (χ0n) is 15.2. The van der Waals surface area contributed by atoms with Crippen molar-refractivity contribution in [3.05, 3.63) is 76.8 Å². The summed E-state index contributed by atoms with van der Waals surface area (Å²) < 4.78 is 5.32. The molecule has 138 valence electrons. The number of aryl methyl sites for hydroxylation is 1. The quantitative estimate of drug-likeness (QED) is 0.579. The number of rotatable bonds is 6. The molecule has 0 radical (unpaired) electrons. The highest BCUT2D eigenvalue weighted by Gasteiger charge is 2.20. The van der Waals surface area contributed by atoms with Crippen molar-refractivity contribution in [2.75, 3.05) is 4.90 Å². The fourth-order valence-electron chi connectivity index (χ4n) is 2.70. The highest BCUT2D eigenvalue weighted by atomic mass is 32.1. The third kappa shape index (κ3) is 4.41. The minimum Gasteiger partial charge on any atom is -0.456 e. The summed E-state index contributed by atoms with van der Waals surface area (Å²) in [6.45, 7) is 3.63. The summed E-state index contributed by atoms with van der Waals surface area (Å²) in [4.78, 5) is 30.4. The van der Waals surface area contributed by atoms with Crippen molar-refractivity contribution in [1.82, 2.24) is 4.98 Å². The van der Waals surface area contributed by atoms with Crippen molar-refractivity contribution in [2.45, 2.75) is 26.9 Å². The lowest BCUT2D eigenvalue weighted by atomic mass is 10.1. The fraction of sp³-hybridized carbons (Fsp3) is 0.190. The van der Waals surface area contributed by atoms with Crippen LogP contribution in [0.2, 0.25) is 0 Å². The second-order valence-electron chi connectivity index (χ2n) is 5.90. The third-order valence-corrected chi connectivity index (χ3v) is 4.89. The van der Waals surface area contributed by atoms with Crippen LogP contribution in [0.1, 0.15) is 35.5 Å². The summed E-state index contributed by atoms with van der Waals surface area (Å²) in [5, 5.41) is 2.37. The largest absolute Gasteiger partial charge is 0.456 e. The van der Waals surface area contributed by atoms with Gasteiger partial charge >= 0.3 is 5.97 Å². The van der Waals surface area contributed by atoms with Crippen LogP contribution in [-0.2, 0) is 22.6 Å². The summed E-state index contributed by atoms with van der Waals surface area (Å²) in [6, 6.07) is 16.6. The molecule has 1 amide bonds. The van der Waals surface area contributed by atoms with Gasteiger partial charge in [-0.1, -0.05) is 43.3 Å². The zero-order valence-corrected chi connectivity index (χ0v) is 16.0. The monoisotopic (exact) mass is 380 g/mol.